The van der Waals surface area contributed by atoms with E-state index in [1.165, 1.54) is 5.56 Å². The average Bonchev–Trinajstić information content (AvgIpc) is 2.76. The molecule has 0 saturated heterocycles. The van der Waals surface area contributed by atoms with Crippen molar-refractivity contribution in [1.29, 1.82) is 0 Å². The molecule has 1 aliphatic rings. The molecule has 1 unspecified atom stereocenters. The number of hydrogen-bond donors (Lipinski definition) is 0. The van der Waals surface area contributed by atoms with Gasteiger partial charge in [0.25, 0.3) is 0 Å². The van der Waals surface area contributed by atoms with E-state index in [4.69, 9.17) is 0 Å². The Hall–Kier alpha value is -1.70. The molecule has 2 aromatic rings. The van der Waals surface area contributed by atoms with Crippen LogP contribution in [0.25, 0.3) is 10.9 Å². The quantitative estimate of drug-likeness (QED) is 0.785. The average molecular weight is 225 g/mol. The van der Waals surface area contributed by atoms with Gasteiger partial charge in [-0.1, -0.05) is 24.3 Å². The van der Waals surface area contributed by atoms with E-state index in [0.717, 1.165) is 36.6 Å². The summed E-state index contributed by atoms with van der Waals surface area (Å²) in [6, 6.07) is 10.2. The Morgan fingerprint density at radius 1 is 1.24 bits per heavy atom. The van der Waals surface area contributed by atoms with Crippen molar-refractivity contribution in [3.8, 4) is 0 Å². The van der Waals surface area contributed by atoms with Gasteiger partial charge in [-0.25, -0.2) is 0 Å². The van der Waals surface area contributed by atoms with Crippen molar-refractivity contribution in [3.63, 3.8) is 0 Å². The first-order chi connectivity index (χ1) is 8.34. The molecule has 0 N–H and O–H groups in total. The molecule has 17 heavy (non-hydrogen) atoms. The van der Waals surface area contributed by atoms with Crippen LogP contribution in [-0.2, 0) is 11.2 Å². The van der Waals surface area contributed by atoms with Crippen LogP contribution >= 0.6 is 0 Å². The van der Waals surface area contributed by atoms with Gasteiger partial charge in [-0.3, -0.25) is 9.78 Å². The molecule has 0 radical (unpaired) electrons. The number of benzene rings is 1. The number of rotatable bonds is 2. The molecule has 1 aromatic carbocycles. The Morgan fingerprint density at radius 3 is 2.94 bits per heavy atom. The van der Waals surface area contributed by atoms with Gasteiger partial charge in [0.05, 0.1) is 5.52 Å². The van der Waals surface area contributed by atoms with E-state index in [1.54, 1.807) is 0 Å². The SMILES string of the molecule is O=C1CCCC1Cc1cccc2cccnc12. The largest absolute Gasteiger partial charge is 0.299 e. The monoisotopic (exact) mass is 225 g/mol. The molecule has 0 spiro atoms. The van der Waals surface area contributed by atoms with Crippen LogP contribution in [0.15, 0.2) is 36.5 Å². The first kappa shape index (κ1) is 10.5. The lowest BCUT2D eigenvalue weighted by atomic mass is 9.95. The zero-order valence-corrected chi connectivity index (χ0v) is 9.73. The van der Waals surface area contributed by atoms with Crippen molar-refractivity contribution in [2.24, 2.45) is 5.92 Å². The maximum absolute atomic E-state index is 11.7. The normalized spacial score (nSPS) is 20.0. The van der Waals surface area contributed by atoms with Crippen molar-refractivity contribution in [2.45, 2.75) is 25.7 Å². The number of fused-ring (bicyclic) bond motifs is 1. The lowest BCUT2D eigenvalue weighted by Gasteiger charge is -2.09. The summed E-state index contributed by atoms with van der Waals surface area (Å²) in [4.78, 5) is 16.1. The molecule has 1 saturated carbocycles. The Kier molecular flexibility index (Phi) is 2.63. The van der Waals surface area contributed by atoms with E-state index < -0.39 is 0 Å². The lowest BCUT2D eigenvalue weighted by Crippen LogP contribution is -2.09. The Labute approximate surface area is 101 Å². The fraction of sp³-hybridized carbons (Fsp3) is 0.333. The fourth-order valence-corrected chi connectivity index (χ4v) is 2.70. The summed E-state index contributed by atoms with van der Waals surface area (Å²) < 4.78 is 0. The summed E-state index contributed by atoms with van der Waals surface area (Å²) in [7, 11) is 0. The lowest BCUT2D eigenvalue weighted by molar-refractivity contribution is -0.120. The second-order valence-electron chi connectivity index (χ2n) is 4.75. The highest BCUT2D eigenvalue weighted by Gasteiger charge is 2.24. The van der Waals surface area contributed by atoms with E-state index in [0.29, 0.717) is 5.78 Å². The highest BCUT2D eigenvalue weighted by atomic mass is 16.1. The van der Waals surface area contributed by atoms with Crippen LogP contribution in [0.4, 0.5) is 0 Å². The summed E-state index contributed by atoms with van der Waals surface area (Å²) in [6.45, 7) is 0. The Balaban J connectivity index is 1.97. The maximum Gasteiger partial charge on any atom is 0.136 e. The maximum atomic E-state index is 11.7. The van der Waals surface area contributed by atoms with Crippen LogP contribution in [0.1, 0.15) is 24.8 Å². The number of pyridine rings is 1. The van der Waals surface area contributed by atoms with Crippen molar-refractivity contribution in [3.05, 3.63) is 42.1 Å². The van der Waals surface area contributed by atoms with Crippen molar-refractivity contribution in [2.75, 3.05) is 0 Å². The van der Waals surface area contributed by atoms with Crippen molar-refractivity contribution < 1.29 is 4.79 Å². The van der Waals surface area contributed by atoms with E-state index in [2.05, 4.69) is 29.2 Å². The molecule has 1 atom stereocenters. The molecular weight excluding hydrogens is 210 g/mol. The number of para-hydroxylation sites is 1. The first-order valence-corrected chi connectivity index (χ1v) is 6.20. The molecule has 2 nitrogen and oxygen atoms in total. The van der Waals surface area contributed by atoms with Gasteiger partial charge in [0.2, 0.25) is 0 Å². The number of Topliss-reactive ketones (excluding diaryl/α,β-unsaturated/α-hetero) is 1. The fourth-order valence-electron chi connectivity index (χ4n) is 2.70. The van der Waals surface area contributed by atoms with Gasteiger partial charge in [0.1, 0.15) is 5.78 Å². The molecule has 0 bridgehead atoms. The van der Waals surface area contributed by atoms with E-state index in [9.17, 15) is 4.79 Å². The minimum absolute atomic E-state index is 0.225. The molecule has 1 heterocycles. The standard InChI is InChI=1S/C15H15NO/c17-14-8-2-5-12(14)10-13-6-1-4-11-7-3-9-16-15(11)13/h1,3-4,6-7,9,12H,2,5,8,10H2. The van der Waals surface area contributed by atoms with Gasteiger partial charge in [-0.2, -0.15) is 0 Å². The zero-order chi connectivity index (χ0) is 11.7. The van der Waals surface area contributed by atoms with Gasteiger partial charge in [-0.05, 0) is 30.9 Å². The van der Waals surface area contributed by atoms with Crippen LogP contribution in [0, 0.1) is 5.92 Å². The Bertz CT molecular complexity index is 556. The van der Waals surface area contributed by atoms with Crippen LogP contribution < -0.4 is 0 Å². The smallest absolute Gasteiger partial charge is 0.136 e. The molecule has 86 valence electrons. The predicted molar refractivity (Wildman–Crippen MR) is 67.8 cm³/mol. The molecule has 1 aromatic heterocycles. The molecule has 0 amide bonds. The molecule has 2 heteroatoms. The number of carbonyl (C=O) groups is 1. The predicted octanol–water partition coefficient (Wildman–Crippen LogP) is 3.15. The number of ketones is 1. The number of carbonyl (C=O) groups excluding carboxylic acids is 1. The van der Waals surface area contributed by atoms with E-state index in [-0.39, 0.29) is 5.92 Å². The molecular formula is C15H15NO. The van der Waals surface area contributed by atoms with Gasteiger partial charge in [0, 0.05) is 23.9 Å². The van der Waals surface area contributed by atoms with Crippen LogP contribution in [0.3, 0.4) is 0 Å². The van der Waals surface area contributed by atoms with Gasteiger partial charge < -0.3 is 0 Å². The Morgan fingerprint density at radius 2 is 2.12 bits per heavy atom. The van der Waals surface area contributed by atoms with Crippen molar-refractivity contribution >= 4 is 16.7 Å². The minimum atomic E-state index is 0.225. The number of nitrogens with zero attached hydrogens (tertiary/aromatic N) is 1. The van der Waals surface area contributed by atoms with E-state index >= 15 is 0 Å². The van der Waals surface area contributed by atoms with Gasteiger partial charge in [0.15, 0.2) is 0 Å². The van der Waals surface area contributed by atoms with Gasteiger partial charge in [-0.15, -0.1) is 0 Å². The summed E-state index contributed by atoms with van der Waals surface area (Å²) in [5.74, 6) is 0.653. The molecule has 3 rings (SSSR count). The molecule has 1 aliphatic carbocycles. The summed E-state index contributed by atoms with van der Waals surface area (Å²) in [6.07, 6.45) is 5.54. The highest BCUT2D eigenvalue weighted by Crippen LogP contribution is 2.27. The second-order valence-corrected chi connectivity index (χ2v) is 4.75. The number of hydrogen-bond acceptors (Lipinski definition) is 2. The van der Waals surface area contributed by atoms with E-state index in [1.807, 2.05) is 12.3 Å². The van der Waals surface area contributed by atoms with Crippen LogP contribution in [0.5, 0.6) is 0 Å². The zero-order valence-electron chi connectivity index (χ0n) is 9.73. The van der Waals surface area contributed by atoms with Gasteiger partial charge >= 0.3 is 0 Å². The minimum Gasteiger partial charge on any atom is -0.299 e. The van der Waals surface area contributed by atoms with Crippen molar-refractivity contribution in [1.82, 2.24) is 4.98 Å². The summed E-state index contributed by atoms with van der Waals surface area (Å²) >= 11 is 0. The van der Waals surface area contributed by atoms with Crippen LogP contribution in [0.2, 0.25) is 0 Å². The summed E-state index contributed by atoms with van der Waals surface area (Å²) in [5.41, 5.74) is 2.26. The number of aromatic nitrogens is 1. The third-order valence-corrected chi connectivity index (χ3v) is 3.61. The topological polar surface area (TPSA) is 30.0 Å². The second kappa shape index (κ2) is 4.28. The van der Waals surface area contributed by atoms with Crippen LogP contribution in [-0.4, -0.2) is 10.8 Å². The third-order valence-electron chi connectivity index (χ3n) is 3.61. The summed E-state index contributed by atoms with van der Waals surface area (Å²) in [5, 5.41) is 1.16. The third kappa shape index (κ3) is 1.95. The molecule has 1 fully saturated rings. The highest BCUT2D eigenvalue weighted by molar-refractivity contribution is 5.85. The molecule has 0 aliphatic heterocycles. The first-order valence-electron chi connectivity index (χ1n) is 6.20.